The Bertz CT molecular complexity index is 1220. The second-order valence-corrected chi connectivity index (χ2v) is 7.65. The van der Waals surface area contributed by atoms with Crippen molar-refractivity contribution in [2.75, 3.05) is 23.3 Å². The third-order valence-corrected chi connectivity index (χ3v) is 5.63. The van der Waals surface area contributed by atoms with Gasteiger partial charge in [-0.3, -0.25) is 18.7 Å². The number of aromatic nitrogens is 3. The van der Waals surface area contributed by atoms with E-state index in [0.29, 0.717) is 5.39 Å². The highest BCUT2D eigenvalue weighted by Gasteiger charge is 2.17. The summed E-state index contributed by atoms with van der Waals surface area (Å²) in [5, 5.41) is 3.25. The molecule has 156 valence electrons. The van der Waals surface area contributed by atoms with Crippen molar-refractivity contribution >= 4 is 28.3 Å². The van der Waals surface area contributed by atoms with Crippen molar-refractivity contribution < 1.29 is 4.79 Å². The molecule has 1 N–H and O–H groups in total. The number of hydrogen-bond donors (Lipinski definition) is 1. The summed E-state index contributed by atoms with van der Waals surface area (Å²) in [7, 11) is 2.96. The van der Waals surface area contributed by atoms with Gasteiger partial charge in [-0.15, -0.1) is 0 Å². The molecule has 30 heavy (non-hydrogen) atoms. The SMILES string of the molecule is Cn1c(=O)c2ccc(C(=O)Nc3ccccc3N3CCCCCC3)nc2n(C)c1=O. The van der Waals surface area contributed by atoms with Crippen molar-refractivity contribution in [1.29, 1.82) is 0 Å². The van der Waals surface area contributed by atoms with Crippen LogP contribution in [0.5, 0.6) is 0 Å². The van der Waals surface area contributed by atoms with Crippen LogP contribution in [-0.2, 0) is 14.1 Å². The van der Waals surface area contributed by atoms with Crippen molar-refractivity contribution in [3.63, 3.8) is 0 Å². The van der Waals surface area contributed by atoms with Crippen LogP contribution in [0.25, 0.3) is 11.0 Å². The fourth-order valence-corrected chi connectivity index (χ4v) is 3.93. The van der Waals surface area contributed by atoms with E-state index in [4.69, 9.17) is 0 Å². The van der Waals surface area contributed by atoms with Crippen LogP contribution in [0.15, 0.2) is 46.0 Å². The Kier molecular flexibility index (Phi) is 5.39. The summed E-state index contributed by atoms with van der Waals surface area (Å²) in [5.74, 6) is -0.382. The Morgan fingerprint density at radius 2 is 1.63 bits per heavy atom. The van der Waals surface area contributed by atoms with Crippen LogP contribution >= 0.6 is 0 Å². The number of anilines is 2. The van der Waals surface area contributed by atoms with Gasteiger partial charge in [0, 0.05) is 27.2 Å². The van der Waals surface area contributed by atoms with Gasteiger partial charge < -0.3 is 10.2 Å². The number of hydrogen-bond acceptors (Lipinski definition) is 5. The van der Waals surface area contributed by atoms with Gasteiger partial charge in [0.25, 0.3) is 11.5 Å². The molecule has 0 radical (unpaired) electrons. The molecule has 8 heteroatoms. The molecule has 1 aromatic carbocycles. The first-order valence-corrected chi connectivity index (χ1v) is 10.2. The minimum Gasteiger partial charge on any atom is -0.370 e. The van der Waals surface area contributed by atoms with E-state index in [1.807, 2.05) is 24.3 Å². The van der Waals surface area contributed by atoms with Crippen LogP contribution in [0.3, 0.4) is 0 Å². The predicted molar refractivity (Wildman–Crippen MR) is 117 cm³/mol. The molecule has 0 unspecified atom stereocenters. The van der Waals surface area contributed by atoms with Gasteiger partial charge in [-0.1, -0.05) is 25.0 Å². The molecular formula is C22H25N5O3. The number of pyridine rings is 1. The van der Waals surface area contributed by atoms with E-state index in [9.17, 15) is 14.4 Å². The fraction of sp³-hybridized carbons (Fsp3) is 0.364. The monoisotopic (exact) mass is 407 g/mol. The number of benzene rings is 1. The van der Waals surface area contributed by atoms with Gasteiger partial charge in [-0.25, -0.2) is 9.78 Å². The lowest BCUT2D eigenvalue weighted by atomic mass is 10.2. The maximum atomic E-state index is 12.9. The average Bonchev–Trinajstić information content (AvgIpc) is 3.05. The van der Waals surface area contributed by atoms with E-state index in [0.717, 1.165) is 41.9 Å². The number of para-hydroxylation sites is 2. The Balaban J connectivity index is 1.67. The van der Waals surface area contributed by atoms with Crippen molar-refractivity contribution in [2.45, 2.75) is 25.7 Å². The highest BCUT2D eigenvalue weighted by atomic mass is 16.2. The lowest BCUT2D eigenvalue weighted by Gasteiger charge is -2.25. The molecule has 1 fully saturated rings. The maximum absolute atomic E-state index is 12.9. The van der Waals surface area contributed by atoms with Crippen LogP contribution in [-0.4, -0.2) is 33.1 Å². The molecule has 4 rings (SSSR count). The van der Waals surface area contributed by atoms with Crippen LogP contribution in [0, 0.1) is 0 Å². The second kappa shape index (κ2) is 8.14. The number of nitrogens with one attached hydrogen (secondary N) is 1. The van der Waals surface area contributed by atoms with Crippen LogP contribution < -0.4 is 21.5 Å². The standard InChI is InChI=1S/C22H25N5O3/c1-25-19-15(21(29)26(2)22(25)30)11-12-17(23-19)20(28)24-16-9-5-6-10-18(16)27-13-7-3-4-8-14-27/h5-6,9-12H,3-4,7-8,13-14H2,1-2H3,(H,24,28). The summed E-state index contributed by atoms with van der Waals surface area (Å²) in [4.78, 5) is 44.1. The predicted octanol–water partition coefficient (Wildman–Crippen LogP) is 2.26. The zero-order valence-corrected chi connectivity index (χ0v) is 17.2. The molecule has 8 nitrogen and oxygen atoms in total. The molecule has 0 atom stereocenters. The van der Waals surface area contributed by atoms with Crippen molar-refractivity contribution in [3.05, 3.63) is 62.9 Å². The van der Waals surface area contributed by atoms with Crippen LogP contribution in [0.4, 0.5) is 11.4 Å². The van der Waals surface area contributed by atoms with Gasteiger partial charge in [0.2, 0.25) is 0 Å². The molecule has 0 spiro atoms. The lowest BCUT2D eigenvalue weighted by Crippen LogP contribution is -2.37. The summed E-state index contributed by atoms with van der Waals surface area (Å²) < 4.78 is 2.31. The van der Waals surface area contributed by atoms with Gasteiger partial charge in [0.1, 0.15) is 11.3 Å². The average molecular weight is 407 g/mol. The number of carbonyl (C=O) groups is 1. The molecule has 0 bridgehead atoms. The quantitative estimate of drug-likeness (QED) is 0.719. The molecular weight excluding hydrogens is 382 g/mol. The van der Waals surface area contributed by atoms with Crippen LogP contribution in [0.1, 0.15) is 36.2 Å². The number of rotatable bonds is 3. The van der Waals surface area contributed by atoms with E-state index < -0.39 is 11.2 Å². The molecule has 3 aromatic rings. The van der Waals surface area contributed by atoms with Gasteiger partial charge >= 0.3 is 5.69 Å². The van der Waals surface area contributed by atoms with E-state index in [2.05, 4.69) is 15.2 Å². The maximum Gasteiger partial charge on any atom is 0.332 e. The molecule has 3 heterocycles. The van der Waals surface area contributed by atoms with Gasteiger partial charge in [0.05, 0.1) is 16.8 Å². The zero-order chi connectivity index (χ0) is 21.3. The topological polar surface area (TPSA) is 89.2 Å². The molecule has 0 saturated carbocycles. The lowest BCUT2D eigenvalue weighted by molar-refractivity contribution is 0.102. The molecule has 1 amide bonds. The molecule has 1 saturated heterocycles. The minimum atomic E-state index is -0.482. The first-order chi connectivity index (χ1) is 14.5. The first kappa shape index (κ1) is 19.9. The number of aryl methyl sites for hydroxylation is 1. The molecule has 1 aliphatic rings. The highest BCUT2D eigenvalue weighted by molar-refractivity contribution is 6.05. The number of nitrogens with zero attached hydrogens (tertiary/aromatic N) is 4. The summed E-state index contributed by atoms with van der Waals surface area (Å²) in [6.45, 7) is 1.93. The Morgan fingerprint density at radius 3 is 2.37 bits per heavy atom. The summed E-state index contributed by atoms with van der Waals surface area (Å²) in [6, 6.07) is 10.8. The first-order valence-electron chi connectivity index (χ1n) is 10.2. The Morgan fingerprint density at radius 1 is 0.933 bits per heavy atom. The molecule has 0 aliphatic carbocycles. The van der Waals surface area contributed by atoms with Crippen molar-refractivity contribution in [1.82, 2.24) is 14.1 Å². The molecule has 1 aliphatic heterocycles. The normalized spacial score (nSPS) is 14.5. The molecule has 2 aromatic heterocycles. The summed E-state index contributed by atoms with van der Waals surface area (Å²) in [6.07, 6.45) is 4.73. The van der Waals surface area contributed by atoms with Gasteiger partial charge in [0.15, 0.2) is 0 Å². The van der Waals surface area contributed by atoms with Gasteiger partial charge in [-0.2, -0.15) is 0 Å². The minimum absolute atomic E-state index is 0.149. The summed E-state index contributed by atoms with van der Waals surface area (Å²) in [5.41, 5.74) is 1.15. The second-order valence-electron chi connectivity index (χ2n) is 7.65. The van der Waals surface area contributed by atoms with E-state index in [-0.39, 0.29) is 17.2 Å². The Hall–Kier alpha value is -3.42. The third-order valence-electron chi connectivity index (χ3n) is 5.63. The highest BCUT2D eigenvalue weighted by Crippen LogP contribution is 2.28. The smallest absolute Gasteiger partial charge is 0.332 e. The van der Waals surface area contributed by atoms with E-state index in [1.165, 1.54) is 37.6 Å². The number of fused-ring (bicyclic) bond motifs is 1. The van der Waals surface area contributed by atoms with Crippen molar-refractivity contribution in [3.8, 4) is 0 Å². The van der Waals surface area contributed by atoms with E-state index >= 15 is 0 Å². The van der Waals surface area contributed by atoms with Gasteiger partial charge in [-0.05, 0) is 37.1 Å². The summed E-state index contributed by atoms with van der Waals surface area (Å²) >= 11 is 0. The van der Waals surface area contributed by atoms with Crippen molar-refractivity contribution in [2.24, 2.45) is 14.1 Å². The van der Waals surface area contributed by atoms with Crippen LogP contribution in [0.2, 0.25) is 0 Å². The third kappa shape index (κ3) is 3.60. The largest absolute Gasteiger partial charge is 0.370 e. The number of carbonyl (C=O) groups excluding carboxylic acids is 1. The Labute approximate surface area is 173 Å². The number of amides is 1. The zero-order valence-electron chi connectivity index (χ0n) is 17.2. The fourth-order valence-electron chi connectivity index (χ4n) is 3.93. The van der Waals surface area contributed by atoms with E-state index in [1.54, 1.807) is 6.07 Å².